The van der Waals surface area contributed by atoms with E-state index in [1.807, 2.05) is 18.2 Å². The van der Waals surface area contributed by atoms with Crippen LogP contribution < -0.4 is 10.5 Å². The van der Waals surface area contributed by atoms with Crippen molar-refractivity contribution >= 4 is 49.5 Å². The molecule has 2 N–H and O–H groups in total. The SMILES string of the molecule is O=C(O)C(F)(F)F.O=C(c1nc2ccccc2c(=O)[nH]1)N1CCN(c2nc3ccccc3s2)CC1. The first-order valence-corrected chi connectivity index (χ1v) is 11.1. The summed E-state index contributed by atoms with van der Waals surface area (Å²) < 4.78 is 32.9. The Morgan fingerprint density at radius 1 is 0.943 bits per heavy atom. The Labute approximate surface area is 199 Å². The number of nitrogens with zero attached hydrogens (tertiary/aromatic N) is 4. The number of benzene rings is 2. The number of carbonyl (C=O) groups excluding carboxylic acids is 1. The molecule has 1 aliphatic heterocycles. The van der Waals surface area contributed by atoms with E-state index in [1.165, 1.54) is 0 Å². The van der Waals surface area contributed by atoms with E-state index in [2.05, 4.69) is 20.9 Å². The van der Waals surface area contributed by atoms with Crippen LogP contribution in [-0.2, 0) is 4.79 Å². The molecule has 0 aliphatic carbocycles. The van der Waals surface area contributed by atoms with E-state index in [4.69, 9.17) is 14.9 Å². The molecule has 1 aliphatic rings. The third-order valence-electron chi connectivity index (χ3n) is 5.18. The van der Waals surface area contributed by atoms with Crippen molar-refractivity contribution in [1.82, 2.24) is 19.9 Å². The summed E-state index contributed by atoms with van der Waals surface area (Å²) in [5.74, 6) is -2.91. The van der Waals surface area contributed by atoms with Crippen molar-refractivity contribution in [3.63, 3.8) is 0 Å². The summed E-state index contributed by atoms with van der Waals surface area (Å²) >= 11 is 1.66. The van der Waals surface area contributed by atoms with Crippen LogP contribution in [0.3, 0.4) is 0 Å². The minimum absolute atomic E-state index is 0.0946. The van der Waals surface area contributed by atoms with E-state index in [9.17, 15) is 22.8 Å². The summed E-state index contributed by atoms with van der Waals surface area (Å²) in [7, 11) is 0. The molecule has 0 atom stereocenters. The topological polar surface area (TPSA) is 119 Å². The third-order valence-corrected chi connectivity index (χ3v) is 6.28. The predicted molar refractivity (Wildman–Crippen MR) is 124 cm³/mol. The Hall–Kier alpha value is -4.00. The predicted octanol–water partition coefficient (Wildman–Crippen LogP) is 3.13. The number of alkyl halides is 3. The molecule has 2 aromatic carbocycles. The Balaban J connectivity index is 0.000000364. The van der Waals surface area contributed by atoms with Crippen LogP contribution in [-0.4, -0.2) is 69.2 Å². The maximum absolute atomic E-state index is 12.8. The molecule has 1 amide bonds. The molecule has 3 heterocycles. The number of H-pyrrole nitrogens is 1. The van der Waals surface area contributed by atoms with E-state index in [1.54, 1.807) is 40.5 Å². The summed E-state index contributed by atoms with van der Waals surface area (Å²) in [5.41, 5.74) is 1.24. The number of rotatable bonds is 2. The zero-order chi connectivity index (χ0) is 25.2. The molecule has 13 heteroatoms. The van der Waals surface area contributed by atoms with Crippen LogP contribution in [0.4, 0.5) is 18.3 Å². The number of piperazine rings is 1. The Morgan fingerprint density at radius 3 is 2.17 bits per heavy atom. The number of aromatic nitrogens is 3. The molecule has 182 valence electrons. The largest absolute Gasteiger partial charge is 0.490 e. The molecule has 9 nitrogen and oxygen atoms in total. The van der Waals surface area contributed by atoms with Gasteiger partial charge in [0.1, 0.15) is 0 Å². The van der Waals surface area contributed by atoms with Gasteiger partial charge in [0, 0.05) is 26.2 Å². The van der Waals surface area contributed by atoms with Gasteiger partial charge in [-0.2, -0.15) is 13.2 Å². The number of fused-ring (bicyclic) bond motifs is 2. The van der Waals surface area contributed by atoms with Gasteiger partial charge in [-0.05, 0) is 24.3 Å². The normalized spacial score (nSPS) is 14.0. The zero-order valence-corrected chi connectivity index (χ0v) is 18.8. The second-order valence-electron chi connectivity index (χ2n) is 7.48. The average molecular weight is 505 g/mol. The van der Waals surface area contributed by atoms with Crippen molar-refractivity contribution < 1.29 is 27.9 Å². The van der Waals surface area contributed by atoms with Crippen LogP contribution in [0, 0.1) is 0 Å². The van der Waals surface area contributed by atoms with E-state index in [0.717, 1.165) is 15.3 Å². The number of amides is 1. The average Bonchev–Trinajstić information content (AvgIpc) is 3.28. The highest BCUT2D eigenvalue weighted by Gasteiger charge is 2.38. The van der Waals surface area contributed by atoms with Gasteiger partial charge in [0.05, 0.1) is 21.1 Å². The highest BCUT2D eigenvalue weighted by molar-refractivity contribution is 7.22. The summed E-state index contributed by atoms with van der Waals surface area (Å²) in [5, 5.41) is 8.59. The molecule has 2 aromatic heterocycles. The fourth-order valence-electron chi connectivity index (χ4n) is 3.43. The Kier molecular flexibility index (Phi) is 6.69. The standard InChI is InChI=1S/C20H17N5O2S.C2HF3O2/c26-18-13-5-1-2-6-14(13)21-17(23-18)19(27)24-9-11-25(12-10-24)20-22-15-7-3-4-8-16(15)28-20;3-2(4,5)1(6)7/h1-8H,9-12H2,(H,21,23,26);(H,6,7). The number of thiazole rings is 1. The van der Waals surface area contributed by atoms with Gasteiger partial charge in [0.25, 0.3) is 11.5 Å². The number of anilines is 1. The molecule has 0 unspecified atom stereocenters. The second kappa shape index (κ2) is 9.70. The summed E-state index contributed by atoms with van der Waals surface area (Å²) in [4.78, 5) is 49.6. The van der Waals surface area contributed by atoms with Crippen molar-refractivity contribution in [2.45, 2.75) is 6.18 Å². The van der Waals surface area contributed by atoms with E-state index in [0.29, 0.717) is 37.1 Å². The fourth-order valence-corrected chi connectivity index (χ4v) is 4.45. The first-order chi connectivity index (χ1) is 16.6. The maximum Gasteiger partial charge on any atom is 0.490 e. The van der Waals surface area contributed by atoms with E-state index in [-0.39, 0.29) is 17.3 Å². The molecular formula is C22H18F3N5O4S. The number of carbonyl (C=O) groups is 2. The van der Waals surface area contributed by atoms with Crippen LogP contribution in [0.15, 0.2) is 53.3 Å². The van der Waals surface area contributed by atoms with Crippen LogP contribution in [0.1, 0.15) is 10.6 Å². The van der Waals surface area contributed by atoms with Crippen LogP contribution in [0.2, 0.25) is 0 Å². The molecule has 5 rings (SSSR count). The van der Waals surface area contributed by atoms with Crippen molar-refractivity contribution in [3.8, 4) is 0 Å². The third kappa shape index (κ3) is 5.40. The first kappa shape index (κ1) is 24.1. The highest BCUT2D eigenvalue weighted by atomic mass is 32.1. The van der Waals surface area contributed by atoms with Gasteiger partial charge in [-0.3, -0.25) is 9.59 Å². The molecule has 0 spiro atoms. The second-order valence-corrected chi connectivity index (χ2v) is 8.49. The summed E-state index contributed by atoms with van der Waals surface area (Å²) in [6.45, 7) is 2.52. The number of hydrogen-bond donors (Lipinski definition) is 2. The van der Waals surface area contributed by atoms with E-state index < -0.39 is 12.1 Å². The molecule has 1 saturated heterocycles. The monoisotopic (exact) mass is 505 g/mol. The number of carboxylic acids is 1. The van der Waals surface area contributed by atoms with Crippen molar-refractivity contribution in [3.05, 3.63) is 64.7 Å². The lowest BCUT2D eigenvalue weighted by Gasteiger charge is -2.34. The van der Waals surface area contributed by atoms with Gasteiger partial charge in [-0.15, -0.1) is 0 Å². The maximum atomic E-state index is 12.8. The Bertz CT molecular complexity index is 1410. The molecule has 4 aromatic rings. The smallest absolute Gasteiger partial charge is 0.475 e. The van der Waals surface area contributed by atoms with E-state index >= 15 is 0 Å². The van der Waals surface area contributed by atoms with Crippen LogP contribution >= 0.6 is 11.3 Å². The number of aliphatic carboxylic acids is 1. The van der Waals surface area contributed by atoms with Crippen LogP contribution in [0.25, 0.3) is 21.1 Å². The van der Waals surface area contributed by atoms with Gasteiger partial charge in [0.2, 0.25) is 0 Å². The van der Waals surface area contributed by atoms with Gasteiger partial charge in [-0.25, -0.2) is 14.8 Å². The van der Waals surface area contributed by atoms with Crippen LogP contribution in [0.5, 0.6) is 0 Å². The quantitative estimate of drug-likeness (QED) is 0.430. The number of nitrogens with one attached hydrogen (secondary N) is 1. The molecule has 35 heavy (non-hydrogen) atoms. The minimum atomic E-state index is -5.08. The van der Waals surface area contributed by atoms with Gasteiger partial charge in [0.15, 0.2) is 11.0 Å². The highest BCUT2D eigenvalue weighted by Crippen LogP contribution is 2.29. The molecule has 1 fully saturated rings. The van der Waals surface area contributed by atoms with Gasteiger partial charge in [-0.1, -0.05) is 35.6 Å². The number of hydrogen-bond acceptors (Lipinski definition) is 7. The molecule has 0 radical (unpaired) electrons. The zero-order valence-electron chi connectivity index (χ0n) is 18.0. The molecule has 0 bridgehead atoms. The lowest BCUT2D eigenvalue weighted by atomic mass is 10.2. The lowest BCUT2D eigenvalue weighted by molar-refractivity contribution is -0.192. The summed E-state index contributed by atoms with van der Waals surface area (Å²) in [6.07, 6.45) is -5.08. The number of carboxylic acid groups (broad SMARTS) is 1. The van der Waals surface area contributed by atoms with Crippen molar-refractivity contribution in [2.24, 2.45) is 0 Å². The molecule has 0 saturated carbocycles. The van der Waals surface area contributed by atoms with Crippen molar-refractivity contribution in [2.75, 3.05) is 31.1 Å². The number of halogens is 3. The van der Waals surface area contributed by atoms with Gasteiger partial charge >= 0.3 is 12.1 Å². The first-order valence-electron chi connectivity index (χ1n) is 10.3. The van der Waals surface area contributed by atoms with Crippen molar-refractivity contribution in [1.29, 1.82) is 0 Å². The fraction of sp³-hybridized carbons (Fsp3) is 0.227. The Morgan fingerprint density at radius 2 is 1.54 bits per heavy atom. The minimum Gasteiger partial charge on any atom is -0.475 e. The number of aromatic amines is 1. The number of para-hydroxylation sites is 2. The lowest BCUT2D eigenvalue weighted by Crippen LogP contribution is -2.49. The molecular weight excluding hydrogens is 487 g/mol. The summed E-state index contributed by atoms with van der Waals surface area (Å²) in [6, 6.07) is 15.1. The van der Waals surface area contributed by atoms with Gasteiger partial charge < -0.3 is 19.9 Å².